The third kappa shape index (κ3) is 3.19. The average Bonchev–Trinajstić information content (AvgIpc) is 1.61. The van der Waals surface area contributed by atoms with Gasteiger partial charge in [0, 0.05) is 6.08 Å². The number of rotatable bonds is 1. The normalized spacial score (nSPS) is 8.67. The molecule has 6 heavy (non-hydrogen) atoms. The first-order valence-electron chi connectivity index (χ1n) is 1.57. The zero-order valence-electron chi connectivity index (χ0n) is 3.26. The Morgan fingerprint density at radius 2 is 2.50 bits per heavy atom. The monoisotopic (exact) mass is 83.0 g/mol. The highest BCUT2D eigenvalue weighted by atomic mass is 16.2. The van der Waals surface area contributed by atoms with Crippen LogP contribution in [-0.2, 0) is 0 Å². The molecule has 2 heteroatoms. The van der Waals surface area contributed by atoms with Crippen LogP contribution in [0.25, 0.3) is 0 Å². The van der Waals surface area contributed by atoms with Gasteiger partial charge in [-0.2, -0.15) is 5.26 Å². The Balaban J connectivity index is 3.02. The summed E-state index contributed by atoms with van der Waals surface area (Å²) in [4.78, 5) is 0. The number of aliphatic hydroxyl groups is 1. The van der Waals surface area contributed by atoms with E-state index in [1.165, 1.54) is 12.2 Å². The molecule has 2 nitrogen and oxygen atoms in total. The summed E-state index contributed by atoms with van der Waals surface area (Å²) >= 11 is 0. The van der Waals surface area contributed by atoms with E-state index in [9.17, 15) is 0 Å². The van der Waals surface area contributed by atoms with E-state index in [1.54, 1.807) is 6.07 Å². The molecule has 0 spiro atoms. The Kier molecular flexibility index (Phi) is 3.62. The molecule has 32 valence electrons. The lowest BCUT2D eigenvalue weighted by molar-refractivity contribution is 0.343. The van der Waals surface area contributed by atoms with Gasteiger partial charge < -0.3 is 5.11 Å². The van der Waals surface area contributed by atoms with Crippen LogP contribution in [0, 0.1) is 11.3 Å². The van der Waals surface area contributed by atoms with Crippen molar-refractivity contribution in [2.75, 3.05) is 6.61 Å². The molecule has 1 N–H and O–H groups in total. The molecule has 0 atom stereocenters. The predicted molar refractivity (Wildman–Crippen MR) is 21.8 cm³/mol. The van der Waals surface area contributed by atoms with E-state index in [-0.39, 0.29) is 6.61 Å². The topological polar surface area (TPSA) is 44.0 Å². The second-order valence-electron chi connectivity index (χ2n) is 0.714. The van der Waals surface area contributed by atoms with Crippen LogP contribution in [0.15, 0.2) is 12.2 Å². The molecular weight excluding hydrogens is 78.0 g/mol. The van der Waals surface area contributed by atoms with Gasteiger partial charge in [0.1, 0.15) is 0 Å². The van der Waals surface area contributed by atoms with Crippen molar-refractivity contribution in [1.29, 1.82) is 5.26 Å². The Morgan fingerprint density at radius 1 is 1.83 bits per heavy atom. The van der Waals surface area contributed by atoms with Crippen molar-refractivity contribution in [2.24, 2.45) is 0 Å². The van der Waals surface area contributed by atoms with Crippen molar-refractivity contribution in [3.8, 4) is 6.07 Å². The van der Waals surface area contributed by atoms with Gasteiger partial charge in [0.2, 0.25) is 0 Å². The minimum absolute atomic E-state index is 0.0481. The number of allylic oxidation sites excluding steroid dienone is 1. The van der Waals surface area contributed by atoms with Crippen LogP contribution in [0.4, 0.5) is 0 Å². The maximum absolute atomic E-state index is 7.96. The summed E-state index contributed by atoms with van der Waals surface area (Å²) in [5.74, 6) is 0. The highest BCUT2D eigenvalue weighted by Gasteiger charge is 1.58. The number of hydrogen-bond donors (Lipinski definition) is 1. The van der Waals surface area contributed by atoms with Crippen molar-refractivity contribution in [3.05, 3.63) is 12.2 Å². The molecule has 0 bridgehead atoms. The first-order chi connectivity index (χ1) is 2.91. The fourth-order valence-corrected chi connectivity index (χ4v) is 0.105. The van der Waals surface area contributed by atoms with E-state index in [0.717, 1.165) is 0 Å². The zero-order valence-corrected chi connectivity index (χ0v) is 3.26. The molecule has 0 aromatic rings. The summed E-state index contributed by atoms with van der Waals surface area (Å²) in [6.07, 6.45) is 2.61. The lowest BCUT2D eigenvalue weighted by Crippen LogP contribution is -1.66. The molecule has 0 saturated heterocycles. The predicted octanol–water partition coefficient (Wildman–Crippen LogP) is 0.0585. The number of hydrogen-bond acceptors (Lipinski definition) is 2. The van der Waals surface area contributed by atoms with E-state index in [0.29, 0.717) is 0 Å². The minimum Gasteiger partial charge on any atom is -0.392 e. The van der Waals surface area contributed by atoms with Gasteiger partial charge in [-0.05, 0) is 6.08 Å². The zero-order chi connectivity index (χ0) is 4.83. The van der Waals surface area contributed by atoms with Crippen LogP contribution in [0.3, 0.4) is 0 Å². The van der Waals surface area contributed by atoms with Crippen LogP contribution >= 0.6 is 0 Å². The molecule has 0 aliphatic rings. The standard InChI is InChI=1S/C4H5NO/c5-3-1-2-4-6/h1-2,6H,4H2/b2-1-. The summed E-state index contributed by atoms with van der Waals surface area (Å²) in [7, 11) is 0. The summed E-state index contributed by atoms with van der Waals surface area (Å²) < 4.78 is 0. The molecule has 0 heterocycles. The van der Waals surface area contributed by atoms with Crippen LogP contribution in [0.5, 0.6) is 0 Å². The molecule has 0 fully saturated rings. The molecule has 0 aromatic heterocycles. The molecule has 0 rings (SSSR count). The maximum Gasteiger partial charge on any atom is 0.0909 e. The Labute approximate surface area is 36.3 Å². The molecular formula is C4H5NO. The molecule has 0 aromatic carbocycles. The fourth-order valence-electron chi connectivity index (χ4n) is 0.105. The van der Waals surface area contributed by atoms with E-state index in [1.807, 2.05) is 0 Å². The van der Waals surface area contributed by atoms with Gasteiger partial charge in [0.05, 0.1) is 12.7 Å². The quantitative estimate of drug-likeness (QED) is 0.455. The molecule has 0 aliphatic heterocycles. The Hall–Kier alpha value is -0.810. The van der Waals surface area contributed by atoms with E-state index in [4.69, 9.17) is 10.4 Å². The largest absolute Gasteiger partial charge is 0.392 e. The summed E-state index contributed by atoms with van der Waals surface area (Å²) in [6.45, 7) is -0.0481. The van der Waals surface area contributed by atoms with Crippen molar-refractivity contribution < 1.29 is 5.11 Å². The lowest BCUT2D eigenvalue weighted by Gasteiger charge is -1.65. The van der Waals surface area contributed by atoms with Gasteiger partial charge >= 0.3 is 0 Å². The first-order valence-corrected chi connectivity index (χ1v) is 1.57. The summed E-state index contributed by atoms with van der Waals surface area (Å²) in [6, 6.07) is 1.73. The maximum atomic E-state index is 7.96. The highest BCUT2D eigenvalue weighted by Crippen LogP contribution is 1.61. The van der Waals surface area contributed by atoms with Crippen LogP contribution in [-0.4, -0.2) is 11.7 Å². The number of nitrogens with zero attached hydrogens (tertiary/aromatic N) is 1. The lowest BCUT2D eigenvalue weighted by atomic mass is 10.5. The fraction of sp³-hybridized carbons (Fsp3) is 0.250. The first kappa shape index (κ1) is 5.19. The third-order valence-electron chi connectivity index (χ3n) is 0.298. The van der Waals surface area contributed by atoms with Gasteiger partial charge in [-0.3, -0.25) is 0 Å². The summed E-state index contributed by atoms with van der Waals surface area (Å²) in [5, 5.41) is 15.7. The van der Waals surface area contributed by atoms with Gasteiger partial charge in [-0.15, -0.1) is 0 Å². The van der Waals surface area contributed by atoms with Gasteiger partial charge in [0.15, 0.2) is 0 Å². The van der Waals surface area contributed by atoms with E-state index in [2.05, 4.69) is 0 Å². The van der Waals surface area contributed by atoms with Gasteiger partial charge in [-0.1, -0.05) is 0 Å². The van der Waals surface area contributed by atoms with Gasteiger partial charge in [-0.25, -0.2) is 0 Å². The van der Waals surface area contributed by atoms with Crippen LogP contribution in [0.1, 0.15) is 0 Å². The smallest absolute Gasteiger partial charge is 0.0909 e. The van der Waals surface area contributed by atoms with Crippen molar-refractivity contribution in [1.82, 2.24) is 0 Å². The van der Waals surface area contributed by atoms with Crippen molar-refractivity contribution >= 4 is 0 Å². The molecule has 0 amide bonds. The van der Waals surface area contributed by atoms with E-state index < -0.39 is 0 Å². The van der Waals surface area contributed by atoms with Crippen molar-refractivity contribution in [3.63, 3.8) is 0 Å². The Morgan fingerprint density at radius 3 is 2.67 bits per heavy atom. The molecule has 0 saturated carbocycles. The Bertz CT molecular complexity index is 80.0. The second kappa shape index (κ2) is 4.19. The molecule has 0 radical (unpaired) electrons. The minimum atomic E-state index is -0.0481. The number of nitriles is 1. The van der Waals surface area contributed by atoms with Crippen molar-refractivity contribution in [2.45, 2.75) is 0 Å². The van der Waals surface area contributed by atoms with Crippen LogP contribution < -0.4 is 0 Å². The third-order valence-corrected chi connectivity index (χ3v) is 0.298. The van der Waals surface area contributed by atoms with Crippen LogP contribution in [0.2, 0.25) is 0 Å². The van der Waals surface area contributed by atoms with Gasteiger partial charge in [0.25, 0.3) is 0 Å². The number of aliphatic hydroxyl groups excluding tert-OH is 1. The SMILES string of the molecule is N#C/C=C\CO. The molecule has 0 aliphatic carbocycles. The molecule has 0 unspecified atom stereocenters. The van der Waals surface area contributed by atoms with E-state index >= 15 is 0 Å². The summed E-state index contributed by atoms with van der Waals surface area (Å²) in [5.41, 5.74) is 0. The highest BCUT2D eigenvalue weighted by molar-refractivity contribution is 5.00. The second-order valence-corrected chi connectivity index (χ2v) is 0.714. The average molecular weight is 83.1 g/mol.